The van der Waals surface area contributed by atoms with Crippen LogP contribution in [0.1, 0.15) is 12.8 Å². The Morgan fingerprint density at radius 2 is 2.33 bits per heavy atom. The molecule has 0 aliphatic heterocycles. The van der Waals surface area contributed by atoms with Gasteiger partial charge in [0, 0.05) is 8.06 Å². The van der Waals surface area contributed by atoms with Crippen LogP contribution in [0.4, 0.5) is 0 Å². The molecule has 0 amide bonds. The zero-order valence-corrected chi connectivity index (χ0v) is 5.68. The highest BCUT2D eigenvalue weighted by Crippen LogP contribution is 2.32. The van der Waals surface area contributed by atoms with E-state index in [0.717, 1.165) is 3.92 Å². The molecule has 0 heterocycles. The van der Waals surface area contributed by atoms with Crippen molar-refractivity contribution in [1.29, 1.82) is 0 Å². The molecule has 1 rings (SSSR count). The summed E-state index contributed by atoms with van der Waals surface area (Å²) in [5.41, 5.74) is 5.19. The first-order valence-electron chi connectivity index (χ1n) is 2.09. The summed E-state index contributed by atoms with van der Waals surface area (Å²) in [7, 11) is 0. The topological polar surface area (TPSA) is 26.0 Å². The molecule has 0 bridgehead atoms. The van der Waals surface area contributed by atoms with Gasteiger partial charge in [0.25, 0.3) is 0 Å². The number of hydrogen-bond acceptors (Lipinski definition) is 1. The number of alkyl halides is 1. The molecule has 2 N–H and O–H groups in total. The highest BCUT2D eigenvalue weighted by Gasteiger charge is 2.17. The Balaban J connectivity index is 2.15. The second-order valence-electron chi connectivity index (χ2n) is 1.43. The maximum absolute atomic E-state index is 5.19. The molecule has 0 radical (unpaired) electrons. The van der Waals surface area contributed by atoms with Gasteiger partial charge in [0.2, 0.25) is 0 Å². The van der Waals surface area contributed by atoms with Crippen LogP contribution < -0.4 is 5.73 Å². The minimum Gasteiger partial charge on any atom is -0.304 e. The lowest BCUT2D eigenvalue weighted by Gasteiger charge is -1.69. The highest BCUT2D eigenvalue weighted by atomic mass is 127. The van der Waals surface area contributed by atoms with Gasteiger partial charge in [0.1, 0.15) is 0 Å². The van der Waals surface area contributed by atoms with Crippen molar-refractivity contribution in [1.82, 2.24) is 0 Å². The van der Waals surface area contributed by atoms with Crippen molar-refractivity contribution >= 4 is 24.9 Å². The molecule has 1 fully saturated rings. The van der Waals surface area contributed by atoms with E-state index in [1.54, 1.807) is 0 Å². The Hall–Kier alpha value is 0.560. The van der Waals surface area contributed by atoms with Crippen molar-refractivity contribution in [3.63, 3.8) is 0 Å². The Morgan fingerprint density at radius 1 is 1.67 bits per heavy atom. The molecule has 1 aliphatic carbocycles. The van der Waals surface area contributed by atoms with E-state index in [9.17, 15) is 0 Å². The third-order valence-electron chi connectivity index (χ3n) is 0.758. The predicted octanol–water partition coefficient (Wildman–Crippen LogP) is 0.838. The van der Waals surface area contributed by atoms with E-state index in [1.165, 1.54) is 12.8 Å². The Kier molecular flexibility index (Phi) is 1.59. The molecule has 1 saturated carbocycles. The van der Waals surface area contributed by atoms with Crippen LogP contribution in [0.25, 0.3) is 0 Å². The summed E-state index contributed by atoms with van der Waals surface area (Å²) in [6.45, 7) is 0. The van der Waals surface area contributed by atoms with E-state index in [4.69, 9.17) is 5.73 Å². The summed E-state index contributed by atoms with van der Waals surface area (Å²) in [4.78, 5) is 0. The van der Waals surface area contributed by atoms with Crippen molar-refractivity contribution in [3.8, 4) is 0 Å². The summed E-state index contributed by atoms with van der Waals surface area (Å²) >= 11 is 0.332. The summed E-state index contributed by atoms with van der Waals surface area (Å²) in [5.74, 6) is 0. The average molecular weight is 197 g/mol. The third kappa shape index (κ3) is 1.34. The molecular formula is C4H8IN. The fourth-order valence-electron chi connectivity index (χ4n) is 0.292. The second-order valence-corrected chi connectivity index (χ2v) is 4.63. The molecule has 0 spiro atoms. The Morgan fingerprint density at radius 3 is 2.50 bits per heavy atom. The zero-order valence-electron chi connectivity index (χ0n) is 3.52. The molecule has 2 heteroatoms. The summed E-state index contributed by atoms with van der Waals surface area (Å²) in [6, 6.07) is 0. The van der Waals surface area contributed by atoms with Crippen molar-refractivity contribution in [2.75, 3.05) is 0 Å². The number of nitrogens with two attached hydrogens (primary N) is 1. The molecular weight excluding hydrogens is 189 g/mol. The first-order chi connectivity index (χ1) is 2.93. The smallest absolute Gasteiger partial charge is 0.00713 e. The van der Waals surface area contributed by atoms with Crippen molar-refractivity contribution in [2.45, 2.75) is 16.8 Å². The molecule has 36 valence electrons. The predicted molar refractivity (Wildman–Crippen MR) is 37.3 cm³/mol. The van der Waals surface area contributed by atoms with E-state index in [2.05, 4.69) is 0 Å². The number of halogens is 1. The maximum Gasteiger partial charge on any atom is 0.00713 e. The molecule has 6 heavy (non-hydrogen) atoms. The SMILES string of the molecule is NC=IC1CC1. The van der Waals surface area contributed by atoms with E-state index in [1.807, 2.05) is 4.14 Å². The van der Waals surface area contributed by atoms with Crippen LogP contribution in [0, 0.1) is 0 Å². The van der Waals surface area contributed by atoms with Gasteiger partial charge < -0.3 is 5.73 Å². The number of rotatable bonds is 1. The lowest BCUT2D eigenvalue weighted by molar-refractivity contribution is 1.50. The van der Waals surface area contributed by atoms with Gasteiger partial charge in [-0.15, -0.1) is 20.7 Å². The lowest BCUT2D eigenvalue weighted by Crippen LogP contribution is -1.82. The first-order valence-corrected chi connectivity index (χ1v) is 4.58. The van der Waals surface area contributed by atoms with Gasteiger partial charge in [0.15, 0.2) is 0 Å². The van der Waals surface area contributed by atoms with E-state index < -0.39 is 0 Å². The van der Waals surface area contributed by atoms with Gasteiger partial charge in [-0.05, 0) is 12.8 Å². The molecule has 1 nitrogen and oxygen atoms in total. The Bertz CT molecular complexity index is 65.9. The lowest BCUT2D eigenvalue weighted by atomic mass is 11.0. The van der Waals surface area contributed by atoms with E-state index >= 15 is 0 Å². The Labute approximate surface area is 47.7 Å². The van der Waals surface area contributed by atoms with Gasteiger partial charge in [0.05, 0.1) is 0 Å². The molecule has 0 aromatic rings. The largest absolute Gasteiger partial charge is 0.304 e. The summed E-state index contributed by atoms with van der Waals surface area (Å²) in [6.07, 6.45) is 2.92. The van der Waals surface area contributed by atoms with Crippen LogP contribution in [0.3, 0.4) is 0 Å². The number of hydrogen-bond donors (Lipinski definition) is 1. The summed E-state index contributed by atoms with van der Waals surface area (Å²) in [5, 5.41) is 0. The average Bonchev–Trinajstić information content (AvgIpc) is 2.21. The van der Waals surface area contributed by atoms with Crippen LogP contribution in [0.5, 0.6) is 0 Å². The molecule has 0 aromatic carbocycles. The highest BCUT2D eigenvalue weighted by molar-refractivity contribution is 14.2. The minimum atomic E-state index is 0.332. The van der Waals surface area contributed by atoms with Crippen LogP contribution in [0.15, 0.2) is 0 Å². The maximum atomic E-state index is 5.19. The van der Waals surface area contributed by atoms with Gasteiger partial charge in [-0.3, -0.25) is 0 Å². The van der Waals surface area contributed by atoms with Gasteiger partial charge in [-0.25, -0.2) is 0 Å². The minimum absolute atomic E-state index is 0.332. The first kappa shape index (κ1) is 4.71. The normalized spacial score (nSPS) is 24.2. The monoisotopic (exact) mass is 197 g/mol. The van der Waals surface area contributed by atoms with E-state index in [-0.39, 0.29) is 0 Å². The van der Waals surface area contributed by atoms with Gasteiger partial charge >= 0.3 is 0 Å². The quantitative estimate of drug-likeness (QED) is 0.489. The standard InChI is InChI=1S/C4H8IN/c6-3-5-4-1-2-4/h3-4H,1-2,6H2. The zero-order chi connectivity index (χ0) is 4.41. The summed E-state index contributed by atoms with van der Waals surface area (Å²) < 4.78 is 2.95. The van der Waals surface area contributed by atoms with Crippen molar-refractivity contribution in [2.24, 2.45) is 5.73 Å². The molecule has 0 unspecified atom stereocenters. The fourth-order valence-corrected chi connectivity index (χ4v) is 1.96. The van der Waals surface area contributed by atoms with Crippen LogP contribution in [0.2, 0.25) is 0 Å². The van der Waals surface area contributed by atoms with Crippen LogP contribution >= 0.6 is 20.7 Å². The molecule has 0 atom stereocenters. The molecule has 1 aliphatic rings. The van der Waals surface area contributed by atoms with Crippen molar-refractivity contribution in [3.05, 3.63) is 0 Å². The third-order valence-corrected chi connectivity index (χ3v) is 3.44. The molecule has 0 aromatic heterocycles. The second kappa shape index (κ2) is 2.02. The van der Waals surface area contributed by atoms with Crippen LogP contribution in [-0.4, -0.2) is 8.06 Å². The van der Waals surface area contributed by atoms with Crippen molar-refractivity contribution < 1.29 is 0 Å². The van der Waals surface area contributed by atoms with Gasteiger partial charge in [-0.1, -0.05) is 0 Å². The molecule has 0 saturated heterocycles. The van der Waals surface area contributed by atoms with Crippen LogP contribution in [-0.2, 0) is 0 Å². The van der Waals surface area contributed by atoms with Gasteiger partial charge in [-0.2, -0.15) is 0 Å². The van der Waals surface area contributed by atoms with E-state index in [0.29, 0.717) is 20.7 Å². The fraction of sp³-hybridized carbons (Fsp3) is 0.750.